The van der Waals surface area contributed by atoms with E-state index in [-0.39, 0.29) is 5.91 Å². The van der Waals surface area contributed by atoms with E-state index in [0.717, 1.165) is 18.8 Å². The molecule has 0 atom stereocenters. The van der Waals surface area contributed by atoms with Crippen molar-refractivity contribution in [3.63, 3.8) is 0 Å². The summed E-state index contributed by atoms with van der Waals surface area (Å²) < 4.78 is 0. The standard InChI is InChI=1S/C14H20N2O/c1-10(2)12-4-3-5-13(7-12)16-14(17)6-11-8-15-9-11/h3-5,7,10-11,15H,6,8-9H2,1-2H3,(H,16,17). The van der Waals surface area contributed by atoms with E-state index in [4.69, 9.17) is 0 Å². The van der Waals surface area contributed by atoms with E-state index in [9.17, 15) is 4.79 Å². The summed E-state index contributed by atoms with van der Waals surface area (Å²) in [5, 5.41) is 6.14. The molecule has 0 aliphatic carbocycles. The van der Waals surface area contributed by atoms with Crippen molar-refractivity contribution in [3.05, 3.63) is 29.8 Å². The van der Waals surface area contributed by atoms with Crippen LogP contribution < -0.4 is 10.6 Å². The average Bonchev–Trinajstić information content (AvgIpc) is 2.24. The van der Waals surface area contributed by atoms with Crippen LogP contribution in [-0.4, -0.2) is 19.0 Å². The van der Waals surface area contributed by atoms with Crippen LogP contribution in [0.25, 0.3) is 0 Å². The van der Waals surface area contributed by atoms with E-state index >= 15 is 0 Å². The molecule has 1 fully saturated rings. The fourth-order valence-electron chi connectivity index (χ4n) is 1.94. The fraction of sp³-hybridized carbons (Fsp3) is 0.500. The van der Waals surface area contributed by atoms with Gasteiger partial charge < -0.3 is 10.6 Å². The number of hydrogen-bond acceptors (Lipinski definition) is 2. The zero-order valence-corrected chi connectivity index (χ0v) is 10.5. The van der Waals surface area contributed by atoms with E-state index < -0.39 is 0 Å². The SMILES string of the molecule is CC(C)c1cccc(NC(=O)CC2CNC2)c1. The minimum Gasteiger partial charge on any atom is -0.326 e. The van der Waals surface area contributed by atoms with Crippen molar-refractivity contribution in [2.45, 2.75) is 26.2 Å². The Morgan fingerprint density at radius 2 is 2.24 bits per heavy atom. The third-order valence-electron chi connectivity index (χ3n) is 3.18. The molecule has 3 nitrogen and oxygen atoms in total. The molecular formula is C14H20N2O. The Labute approximate surface area is 103 Å². The van der Waals surface area contributed by atoms with E-state index in [1.165, 1.54) is 5.56 Å². The van der Waals surface area contributed by atoms with Gasteiger partial charge in [-0.3, -0.25) is 4.79 Å². The molecule has 2 N–H and O–H groups in total. The van der Waals surface area contributed by atoms with Crippen LogP contribution in [0, 0.1) is 5.92 Å². The molecule has 1 saturated heterocycles. The Balaban J connectivity index is 1.92. The van der Waals surface area contributed by atoms with E-state index in [0.29, 0.717) is 18.3 Å². The Kier molecular flexibility index (Phi) is 3.79. The maximum Gasteiger partial charge on any atom is 0.224 e. The van der Waals surface area contributed by atoms with Gasteiger partial charge in [0, 0.05) is 12.1 Å². The van der Waals surface area contributed by atoms with Crippen molar-refractivity contribution in [1.82, 2.24) is 5.32 Å². The highest BCUT2D eigenvalue weighted by Crippen LogP contribution is 2.19. The van der Waals surface area contributed by atoms with Gasteiger partial charge in [0.15, 0.2) is 0 Å². The molecule has 17 heavy (non-hydrogen) atoms. The van der Waals surface area contributed by atoms with Crippen LogP contribution in [-0.2, 0) is 4.79 Å². The fourth-order valence-corrected chi connectivity index (χ4v) is 1.94. The highest BCUT2D eigenvalue weighted by molar-refractivity contribution is 5.91. The predicted molar refractivity (Wildman–Crippen MR) is 70.1 cm³/mol. The van der Waals surface area contributed by atoms with Gasteiger partial charge in [0.25, 0.3) is 0 Å². The van der Waals surface area contributed by atoms with E-state index in [2.05, 4.69) is 36.6 Å². The summed E-state index contributed by atoms with van der Waals surface area (Å²) in [6.45, 7) is 6.25. The topological polar surface area (TPSA) is 41.1 Å². The Hall–Kier alpha value is -1.35. The van der Waals surface area contributed by atoms with Crippen LogP contribution in [0.15, 0.2) is 24.3 Å². The molecule has 1 aromatic rings. The Morgan fingerprint density at radius 3 is 2.82 bits per heavy atom. The summed E-state index contributed by atoms with van der Waals surface area (Å²) in [4.78, 5) is 11.8. The predicted octanol–water partition coefficient (Wildman–Crippen LogP) is 2.36. The van der Waals surface area contributed by atoms with Crippen molar-refractivity contribution >= 4 is 11.6 Å². The van der Waals surface area contributed by atoms with Crippen molar-refractivity contribution < 1.29 is 4.79 Å². The van der Waals surface area contributed by atoms with Crippen LogP contribution in [0.5, 0.6) is 0 Å². The summed E-state index contributed by atoms with van der Waals surface area (Å²) in [7, 11) is 0. The van der Waals surface area contributed by atoms with Crippen molar-refractivity contribution in [3.8, 4) is 0 Å². The molecule has 1 aromatic carbocycles. The van der Waals surface area contributed by atoms with Gasteiger partial charge in [-0.1, -0.05) is 26.0 Å². The van der Waals surface area contributed by atoms with Crippen LogP contribution in [0.3, 0.4) is 0 Å². The van der Waals surface area contributed by atoms with Crippen LogP contribution in [0.4, 0.5) is 5.69 Å². The molecule has 0 radical (unpaired) electrons. The number of hydrogen-bond donors (Lipinski definition) is 2. The molecule has 0 spiro atoms. The quantitative estimate of drug-likeness (QED) is 0.836. The van der Waals surface area contributed by atoms with Gasteiger partial charge in [0.05, 0.1) is 0 Å². The molecule has 1 amide bonds. The van der Waals surface area contributed by atoms with Gasteiger partial charge in [-0.15, -0.1) is 0 Å². The maximum absolute atomic E-state index is 11.8. The molecule has 0 saturated carbocycles. The average molecular weight is 232 g/mol. The van der Waals surface area contributed by atoms with Crippen LogP contribution in [0.2, 0.25) is 0 Å². The van der Waals surface area contributed by atoms with Crippen LogP contribution >= 0.6 is 0 Å². The van der Waals surface area contributed by atoms with E-state index in [1.807, 2.05) is 12.1 Å². The van der Waals surface area contributed by atoms with Gasteiger partial charge in [-0.2, -0.15) is 0 Å². The summed E-state index contributed by atoms with van der Waals surface area (Å²) in [5.74, 6) is 1.13. The molecule has 0 bridgehead atoms. The lowest BCUT2D eigenvalue weighted by Gasteiger charge is -2.26. The first-order valence-corrected chi connectivity index (χ1v) is 6.25. The lowest BCUT2D eigenvalue weighted by Crippen LogP contribution is -2.43. The minimum atomic E-state index is 0.123. The highest BCUT2D eigenvalue weighted by atomic mass is 16.1. The molecule has 1 aliphatic rings. The molecule has 1 aliphatic heterocycles. The van der Waals surface area contributed by atoms with Crippen molar-refractivity contribution in [1.29, 1.82) is 0 Å². The third kappa shape index (κ3) is 3.30. The molecule has 2 rings (SSSR count). The first-order valence-electron chi connectivity index (χ1n) is 6.25. The smallest absolute Gasteiger partial charge is 0.224 e. The number of carbonyl (C=O) groups excluding carboxylic acids is 1. The lowest BCUT2D eigenvalue weighted by atomic mass is 9.99. The molecule has 0 aromatic heterocycles. The summed E-state index contributed by atoms with van der Waals surface area (Å²) in [5.41, 5.74) is 2.17. The first-order chi connectivity index (χ1) is 8.15. The Bertz CT molecular complexity index is 397. The van der Waals surface area contributed by atoms with Gasteiger partial charge in [0.2, 0.25) is 5.91 Å². The maximum atomic E-state index is 11.8. The second-order valence-corrected chi connectivity index (χ2v) is 5.06. The monoisotopic (exact) mass is 232 g/mol. The summed E-state index contributed by atoms with van der Waals surface area (Å²) in [6, 6.07) is 8.09. The van der Waals surface area contributed by atoms with Gasteiger partial charge in [0.1, 0.15) is 0 Å². The zero-order chi connectivity index (χ0) is 12.3. The van der Waals surface area contributed by atoms with Crippen molar-refractivity contribution in [2.75, 3.05) is 18.4 Å². The summed E-state index contributed by atoms with van der Waals surface area (Å²) >= 11 is 0. The molecule has 0 unspecified atom stereocenters. The first kappa shape index (κ1) is 12.1. The third-order valence-corrected chi connectivity index (χ3v) is 3.18. The second-order valence-electron chi connectivity index (χ2n) is 5.06. The molecular weight excluding hydrogens is 212 g/mol. The van der Waals surface area contributed by atoms with Gasteiger partial charge >= 0.3 is 0 Å². The largest absolute Gasteiger partial charge is 0.326 e. The van der Waals surface area contributed by atoms with Crippen molar-refractivity contribution in [2.24, 2.45) is 5.92 Å². The number of nitrogens with one attached hydrogen (secondary N) is 2. The highest BCUT2D eigenvalue weighted by Gasteiger charge is 2.20. The van der Waals surface area contributed by atoms with Gasteiger partial charge in [-0.05, 0) is 42.6 Å². The zero-order valence-electron chi connectivity index (χ0n) is 10.5. The number of anilines is 1. The van der Waals surface area contributed by atoms with Crippen LogP contribution in [0.1, 0.15) is 31.7 Å². The van der Waals surface area contributed by atoms with E-state index in [1.54, 1.807) is 0 Å². The lowest BCUT2D eigenvalue weighted by molar-refractivity contribution is -0.117. The number of carbonyl (C=O) groups is 1. The Morgan fingerprint density at radius 1 is 1.47 bits per heavy atom. The molecule has 92 valence electrons. The molecule has 3 heteroatoms. The summed E-state index contributed by atoms with van der Waals surface area (Å²) in [6.07, 6.45) is 0.624. The number of rotatable bonds is 4. The number of amides is 1. The normalized spacial score (nSPS) is 15.7. The molecule has 1 heterocycles. The minimum absolute atomic E-state index is 0.123. The number of benzene rings is 1. The van der Waals surface area contributed by atoms with Gasteiger partial charge in [-0.25, -0.2) is 0 Å². The second kappa shape index (κ2) is 5.32.